The van der Waals surface area contributed by atoms with Gasteiger partial charge in [-0.3, -0.25) is 13.7 Å². The molecule has 0 radical (unpaired) electrons. The van der Waals surface area contributed by atoms with Gasteiger partial charge in [-0.05, 0) is 42.5 Å². The van der Waals surface area contributed by atoms with Crippen LogP contribution in [0.4, 0.5) is 5.69 Å². The normalized spacial score (nSPS) is 11.3. The minimum atomic E-state index is -4.09. The summed E-state index contributed by atoms with van der Waals surface area (Å²) < 4.78 is 34.1. The summed E-state index contributed by atoms with van der Waals surface area (Å²) in [7, 11) is -2.84. The molecule has 0 unspecified atom stereocenters. The number of hydrogen-bond donors (Lipinski definition) is 0. The van der Waals surface area contributed by atoms with E-state index < -0.39 is 28.4 Å². The van der Waals surface area contributed by atoms with Crippen LogP contribution in [0.3, 0.4) is 0 Å². The number of anilines is 1. The van der Waals surface area contributed by atoms with Crippen molar-refractivity contribution < 1.29 is 22.7 Å². The highest BCUT2D eigenvalue weighted by molar-refractivity contribution is 7.92. The molecule has 0 amide bonds. The fourth-order valence-electron chi connectivity index (χ4n) is 3.50. The first-order valence-corrected chi connectivity index (χ1v) is 11.7. The van der Waals surface area contributed by atoms with E-state index in [4.69, 9.17) is 16.3 Å². The molecule has 0 atom stereocenters. The van der Waals surface area contributed by atoms with Crippen molar-refractivity contribution in [1.29, 1.82) is 0 Å². The number of carbonyl (C=O) groups excluding carboxylic acids is 2. The van der Waals surface area contributed by atoms with Crippen molar-refractivity contribution >= 4 is 50.1 Å². The van der Waals surface area contributed by atoms with Gasteiger partial charge in [-0.1, -0.05) is 48.0 Å². The largest absolute Gasteiger partial charge is 0.465 e. The number of methoxy groups -OCH3 is 1. The van der Waals surface area contributed by atoms with Crippen LogP contribution in [0, 0.1) is 0 Å². The summed E-state index contributed by atoms with van der Waals surface area (Å²) >= 11 is 5.91. The molecule has 0 bridgehead atoms. The topological polar surface area (TPSA) is 85.7 Å². The lowest BCUT2D eigenvalue weighted by molar-refractivity contribution is 0.0603. The second-order valence-corrected chi connectivity index (χ2v) is 9.42. The Hall–Kier alpha value is -3.62. The molecule has 0 saturated carbocycles. The van der Waals surface area contributed by atoms with E-state index in [0.29, 0.717) is 21.6 Å². The van der Waals surface area contributed by atoms with E-state index in [0.717, 1.165) is 4.31 Å². The number of aromatic nitrogens is 1. The first kappa shape index (κ1) is 22.6. The van der Waals surface area contributed by atoms with Crippen molar-refractivity contribution in [3.8, 4) is 0 Å². The molecule has 7 nitrogen and oxygen atoms in total. The molecule has 4 aromatic rings. The molecular weight excluding hydrogens is 464 g/mol. The van der Waals surface area contributed by atoms with E-state index in [2.05, 4.69) is 0 Å². The summed E-state index contributed by atoms with van der Waals surface area (Å²) in [5, 5.41) is 0.926. The van der Waals surface area contributed by atoms with Crippen LogP contribution in [0.25, 0.3) is 10.9 Å². The SMILES string of the molecule is COC(=O)c1cn(C(=O)CN(c2ccccc2)S(=O)(=O)c2ccc(Cl)cc2)c2ccccc12. The highest BCUT2D eigenvalue weighted by Crippen LogP contribution is 2.26. The number of carbonyl (C=O) groups is 2. The number of rotatable bonds is 6. The van der Waals surface area contributed by atoms with Crippen LogP contribution < -0.4 is 4.31 Å². The highest BCUT2D eigenvalue weighted by atomic mass is 35.5. The van der Waals surface area contributed by atoms with Gasteiger partial charge in [0, 0.05) is 16.6 Å². The molecule has 0 fully saturated rings. The van der Waals surface area contributed by atoms with Crippen molar-refractivity contribution in [2.45, 2.75) is 4.90 Å². The van der Waals surface area contributed by atoms with Crippen molar-refractivity contribution in [2.75, 3.05) is 18.0 Å². The van der Waals surface area contributed by atoms with Gasteiger partial charge >= 0.3 is 5.97 Å². The number of hydrogen-bond acceptors (Lipinski definition) is 5. The van der Waals surface area contributed by atoms with Gasteiger partial charge in [-0.25, -0.2) is 13.2 Å². The number of ether oxygens (including phenoxy) is 1. The predicted molar refractivity (Wildman–Crippen MR) is 126 cm³/mol. The zero-order valence-corrected chi connectivity index (χ0v) is 19.1. The number of sulfonamides is 1. The monoisotopic (exact) mass is 482 g/mol. The maximum Gasteiger partial charge on any atom is 0.340 e. The Bertz CT molecular complexity index is 1430. The lowest BCUT2D eigenvalue weighted by Gasteiger charge is -2.24. The average molecular weight is 483 g/mol. The van der Waals surface area contributed by atoms with Crippen molar-refractivity contribution in [2.24, 2.45) is 0 Å². The van der Waals surface area contributed by atoms with E-state index in [1.165, 1.54) is 42.1 Å². The zero-order valence-electron chi connectivity index (χ0n) is 17.5. The van der Waals surface area contributed by atoms with E-state index in [1.54, 1.807) is 54.6 Å². The Balaban J connectivity index is 1.79. The molecular formula is C24H19ClN2O5S. The lowest BCUT2D eigenvalue weighted by atomic mass is 10.2. The van der Waals surface area contributed by atoms with Gasteiger partial charge in [0.25, 0.3) is 15.9 Å². The molecule has 0 spiro atoms. The number of para-hydroxylation sites is 2. The molecule has 0 N–H and O–H groups in total. The minimum absolute atomic E-state index is 0.00355. The van der Waals surface area contributed by atoms with Gasteiger partial charge in [0.2, 0.25) is 0 Å². The summed E-state index contributed by atoms with van der Waals surface area (Å²) in [6.07, 6.45) is 1.37. The summed E-state index contributed by atoms with van der Waals surface area (Å²) in [4.78, 5) is 25.6. The predicted octanol–water partition coefficient (Wildman–Crippen LogP) is 4.62. The molecule has 0 aliphatic carbocycles. The molecule has 4 rings (SSSR count). The summed E-state index contributed by atoms with van der Waals surface area (Å²) in [6, 6.07) is 20.9. The van der Waals surface area contributed by atoms with Gasteiger partial charge in [-0.15, -0.1) is 0 Å². The van der Waals surface area contributed by atoms with Gasteiger partial charge in [-0.2, -0.15) is 0 Å². The lowest BCUT2D eigenvalue weighted by Crippen LogP contribution is -2.37. The van der Waals surface area contributed by atoms with Crippen molar-refractivity contribution in [3.63, 3.8) is 0 Å². The molecule has 3 aromatic carbocycles. The van der Waals surface area contributed by atoms with Crippen LogP contribution in [0.5, 0.6) is 0 Å². The Kier molecular flexibility index (Phi) is 6.22. The van der Waals surface area contributed by atoms with E-state index in [-0.39, 0.29) is 10.5 Å². The zero-order chi connectivity index (χ0) is 23.6. The van der Waals surface area contributed by atoms with Crippen molar-refractivity contribution in [1.82, 2.24) is 4.57 Å². The number of nitrogens with zero attached hydrogens (tertiary/aromatic N) is 2. The molecule has 1 aromatic heterocycles. The number of benzene rings is 3. The third-order valence-corrected chi connectivity index (χ3v) is 7.15. The fourth-order valence-corrected chi connectivity index (χ4v) is 5.04. The minimum Gasteiger partial charge on any atom is -0.465 e. The van der Waals surface area contributed by atoms with Crippen LogP contribution in [0.2, 0.25) is 5.02 Å². The number of halogens is 1. The second kappa shape index (κ2) is 9.09. The Morgan fingerprint density at radius 2 is 1.58 bits per heavy atom. The standard InChI is InChI=1S/C24H19ClN2O5S/c1-32-24(29)21-15-26(22-10-6-5-9-20(21)22)23(28)16-27(18-7-3-2-4-8-18)33(30,31)19-13-11-17(25)12-14-19/h2-15H,16H2,1H3. The fraction of sp³-hybridized carbons (Fsp3) is 0.0833. The van der Waals surface area contributed by atoms with Crippen LogP contribution in [-0.4, -0.2) is 38.5 Å². The van der Waals surface area contributed by atoms with Crippen LogP contribution in [-0.2, 0) is 14.8 Å². The molecule has 0 saturated heterocycles. The Morgan fingerprint density at radius 1 is 0.939 bits per heavy atom. The van der Waals surface area contributed by atoms with Gasteiger partial charge in [0.05, 0.1) is 28.8 Å². The molecule has 168 valence electrons. The van der Waals surface area contributed by atoms with Crippen LogP contribution in [0.1, 0.15) is 15.2 Å². The van der Waals surface area contributed by atoms with E-state index in [1.807, 2.05) is 0 Å². The summed E-state index contributed by atoms with van der Waals surface area (Å²) in [5.74, 6) is -1.13. The Morgan fingerprint density at radius 3 is 2.24 bits per heavy atom. The van der Waals surface area contributed by atoms with Crippen LogP contribution >= 0.6 is 11.6 Å². The quantitative estimate of drug-likeness (QED) is 0.374. The van der Waals surface area contributed by atoms with Gasteiger partial charge in [0.1, 0.15) is 6.54 Å². The van der Waals surface area contributed by atoms with E-state index >= 15 is 0 Å². The molecule has 0 aliphatic heterocycles. The second-order valence-electron chi connectivity index (χ2n) is 7.12. The molecule has 33 heavy (non-hydrogen) atoms. The smallest absolute Gasteiger partial charge is 0.340 e. The van der Waals surface area contributed by atoms with E-state index in [9.17, 15) is 18.0 Å². The van der Waals surface area contributed by atoms with Gasteiger partial charge < -0.3 is 4.74 Å². The molecule has 0 aliphatic rings. The van der Waals surface area contributed by atoms with Crippen LogP contribution in [0.15, 0.2) is 90.0 Å². The third kappa shape index (κ3) is 4.35. The summed E-state index contributed by atoms with van der Waals surface area (Å²) in [5.41, 5.74) is 1.01. The van der Waals surface area contributed by atoms with Gasteiger partial charge in [0.15, 0.2) is 0 Å². The first-order chi connectivity index (χ1) is 15.8. The maximum absolute atomic E-state index is 13.5. The number of esters is 1. The maximum atomic E-state index is 13.5. The highest BCUT2D eigenvalue weighted by Gasteiger charge is 2.29. The Labute approximate surface area is 195 Å². The van der Waals surface area contributed by atoms with Crippen molar-refractivity contribution in [3.05, 3.63) is 95.6 Å². The molecule has 1 heterocycles. The number of fused-ring (bicyclic) bond motifs is 1. The first-order valence-electron chi connectivity index (χ1n) is 9.88. The molecule has 9 heteroatoms. The third-order valence-electron chi connectivity index (χ3n) is 5.11. The summed E-state index contributed by atoms with van der Waals surface area (Å²) in [6.45, 7) is -0.492. The average Bonchev–Trinajstić information content (AvgIpc) is 3.22.